The Balaban J connectivity index is 2.96. The van der Waals surface area contributed by atoms with Crippen molar-refractivity contribution < 1.29 is 0 Å². The SMILES string of the molecule is Cc1cccc2cccc(P)c12. The summed E-state index contributed by atoms with van der Waals surface area (Å²) in [6.45, 7) is 2.15. The Bertz CT molecular complexity index is 382. The van der Waals surface area contributed by atoms with E-state index in [2.05, 4.69) is 52.6 Å². The molecule has 0 aliphatic carbocycles. The molecule has 0 saturated heterocycles. The lowest BCUT2D eigenvalue weighted by atomic mass is 10.1. The van der Waals surface area contributed by atoms with Crippen LogP contribution in [-0.4, -0.2) is 0 Å². The van der Waals surface area contributed by atoms with E-state index in [0.29, 0.717) is 0 Å². The van der Waals surface area contributed by atoms with Gasteiger partial charge in [0.15, 0.2) is 0 Å². The molecule has 0 bridgehead atoms. The van der Waals surface area contributed by atoms with Gasteiger partial charge in [-0.25, -0.2) is 0 Å². The van der Waals surface area contributed by atoms with Gasteiger partial charge < -0.3 is 0 Å². The van der Waals surface area contributed by atoms with Gasteiger partial charge in [0.05, 0.1) is 0 Å². The molecule has 0 amide bonds. The average molecular weight is 174 g/mol. The highest BCUT2D eigenvalue weighted by molar-refractivity contribution is 7.28. The van der Waals surface area contributed by atoms with Crippen LogP contribution < -0.4 is 5.30 Å². The molecule has 2 rings (SSSR count). The van der Waals surface area contributed by atoms with Crippen LogP contribution in [0.4, 0.5) is 0 Å². The van der Waals surface area contributed by atoms with Gasteiger partial charge in [0.25, 0.3) is 0 Å². The predicted molar refractivity (Wildman–Crippen MR) is 58.0 cm³/mol. The molecule has 0 nitrogen and oxygen atoms in total. The van der Waals surface area contributed by atoms with Crippen molar-refractivity contribution in [2.75, 3.05) is 0 Å². The quantitative estimate of drug-likeness (QED) is 0.538. The molecule has 0 aromatic heterocycles. The van der Waals surface area contributed by atoms with Gasteiger partial charge in [-0.3, -0.25) is 0 Å². The Morgan fingerprint density at radius 2 is 1.67 bits per heavy atom. The minimum Gasteiger partial charge on any atom is -0.105 e. The van der Waals surface area contributed by atoms with E-state index in [0.717, 1.165) is 0 Å². The Labute approximate surface area is 74.8 Å². The fourth-order valence-electron chi connectivity index (χ4n) is 1.56. The molecule has 1 heteroatoms. The van der Waals surface area contributed by atoms with Crippen molar-refractivity contribution in [2.24, 2.45) is 0 Å². The molecule has 1 unspecified atom stereocenters. The number of aryl methyl sites for hydroxylation is 1. The first-order chi connectivity index (χ1) is 5.79. The van der Waals surface area contributed by atoms with Crippen molar-refractivity contribution in [1.29, 1.82) is 0 Å². The highest BCUT2D eigenvalue weighted by atomic mass is 31.0. The molecule has 0 N–H and O–H groups in total. The zero-order chi connectivity index (χ0) is 8.55. The number of hydrogen-bond acceptors (Lipinski definition) is 0. The van der Waals surface area contributed by atoms with Crippen molar-refractivity contribution in [3.8, 4) is 0 Å². The summed E-state index contributed by atoms with van der Waals surface area (Å²) < 4.78 is 0. The second kappa shape index (κ2) is 2.88. The van der Waals surface area contributed by atoms with Crippen molar-refractivity contribution in [2.45, 2.75) is 6.92 Å². The molecule has 2 aromatic carbocycles. The maximum atomic E-state index is 2.78. The highest BCUT2D eigenvalue weighted by Crippen LogP contribution is 2.17. The van der Waals surface area contributed by atoms with Gasteiger partial charge in [0.2, 0.25) is 0 Å². The zero-order valence-corrected chi connectivity index (χ0v) is 8.20. The number of fused-ring (bicyclic) bond motifs is 1. The van der Waals surface area contributed by atoms with E-state index in [1.807, 2.05) is 0 Å². The Morgan fingerprint density at radius 3 is 2.33 bits per heavy atom. The maximum Gasteiger partial charge on any atom is -0.00830 e. The molecule has 1 atom stereocenters. The molecule has 60 valence electrons. The molecule has 0 radical (unpaired) electrons. The van der Waals surface area contributed by atoms with Gasteiger partial charge >= 0.3 is 0 Å². The van der Waals surface area contributed by atoms with E-state index in [-0.39, 0.29) is 0 Å². The maximum absolute atomic E-state index is 2.78. The lowest BCUT2D eigenvalue weighted by Crippen LogP contribution is -1.93. The van der Waals surface area contributed by atoms with Crippen LogP contribution in [-0.2, 0) is 0 Å². The summed E-state index contributed by atoms with van der Waals surface area (Å²) in [7, 11) is 2.78. The third-order valence-electron chi connectivity index (χ3n) is 2.15. The molecular formula is C11H11P. The summed E-state index contributed by atoms with van der Waals surface area (Å²) in [5.74, 6) is 0. The van der Waals surface area contributed by atoms with Crippen molar-refractivity contribution in [3.05, 3.63) is 42.0 Å². The van der Waals surface area contributed by atoms with E-state index in [4.69, 9.17) is 0 Å². The van der Waals surface area contributed by atoms with Crippen molar-refractivity contribution in [1.82, 2.24) is 0 Å². The van der Waals surface area contributed by atoms with Crippen LogP contribution in [0.2, 0.25) is 0 Å². The Kier molecular flexibility index (Phi) is 1.86. The van der Waals surface area contributed by atoms with E-state index >= 15 is 0 Å². The van der Waals surface area contributed by atoms with Gasteiger partial charge in [0.1, 0.15) is 0 Å². The van der Waals surface area contributed by atoms with Crippen LogP contribution in [0.15, 0.2) is 36.4 Å². The first-order valence-corrected chi connectivity index (χ1v) is 4.60. The van der Waals surface area contributed by atoms with Crippen LogP contribution >= 0.6 is 9.24 Å². The lowest BCUT2D eigenvalue weighted by Gasteiger charge is -2.03. The normalized spacial score (nSPS) is 10.5. The molecular weight excluding hydrogens is 163 g/mol. The summed E-state index contributed by atoms with van der Waals surface area (Å²) >= 11 is 0. The zero-order valence-electron chi connectivity index (χ0n) is 7.04. The molecule has 0 fully saturated rings. The van der Waals surface area contributed by atoms with Crippen LogP contribution in [0.25, 0.3) is 10.8 Å². The molecule has 12 heavy (non-hydrogen) atoms. The number of rotatable bonds is 0. The van der Waals surface area contributed by atoms with Crippen LogP contribution in [0.3, 0.4) is 0 Å². The highest BCUT2D eigenvalue weighted by Gasteiger charge is 1.97. The average Bonchev–Trinajstić information content (AvgIpc) is 2.04. The summed E-state index contributed by atoms with van der Waals surface area (Å²) in [4.78, 5) is 0. The molecule has 0 aliphatic heterocycles. The molecule has 0 spiro atoms. The standard InChI is InChI=1S/C11H11P/c1-8-4-2-5-9-6-3-7-10(12)11(8)9/h2-7H,12H2,1H3. The topological polar surface area (TPSA) is 0 Å². The third-order valence-corrected chi connectivity index (χ3v) is 2.63. The van der Waals surface area contributed by atoms with E-state index < -0.39 is 0 Å². The molecule has 2 aromatic rings. The van der Waals surface area contributed by atoms with Gasteiger partial charge in [-0.15, -0.1) is 9.24 Å². The third kappa shape index (κ3) is 1.13. The fourth-order valence-corrected chi connectivity index (χ4v) is 2.07. The Hall–Kier alpha value is -0.870. The minimum atomic E-state index is 1.28. The van der Waals surface area contributed by atoms with Crippen LogP contribution in [0, 0.1) is 6.92 Å². The van der Waals surface area contributed by atoms with Gasteiger partial charge in [-0.05, 0) is 28.6 Å². The van der Waals surface area contributed by atoms with E-state index in [1.54, 1.807) is 0 Å². The van der Waals surface area contributed by atoms with Gasteiger partial charge in [0, 0.05) is 0 Å². The monoisotopic (exact) mass is 174 g/mol. The van der Waals surface area contributed by atoms with E-state index in [9.17, 15) is 0 Å². The first-order valence-electron chi connectivity index (χ1n) is 4.03. The molecule has 0 heterocycles. The molecule has 0 saturated carbocycles. The molecule has 0 aliphatic rings. The number of hydrogen-bond donors (Lipinski definition) is 0. The van der Waals surface area contributed by atoms with Gasteiger partial charge in [-0.2, -0.15) is 0 Å². The fraction of sp³-hybridized carbons (Fsp3) is 0.0909. The Morgan fingerprint density at radius 1 is 1.00 bits per heavy atom. The summed E-state index contributed by atoms with van der Waals surface area (Å²) in [5.41, 5.74) is 1.35. The van der Waals surface area contributed by atoms with Crippen LogP contribution in [0.1, 0.15) is 5.56 Å². The second-order valence-corrected chi connectivity index (χ2v) is 3.64. The van der Waals surface area contributed by atoms with E-state index in [1.165, 1.54) is 21.6 Å². The van der Waals surface area contributed by atoms with Gasteiger partial charge in [-0.1, -0.05) is 36.4 Å². The van der Waals surface area contributed by atoms with Crippen molar-refractivity contribution >= 4 is 25.3 Å². The minimum absolute atomic E-state index is 1.28. The van der Waals surface area contributed by atoms with Crippen molar-refractivity contribution in [3.63, 3.8) is 0 Å². The summed E-state index contributed by atoms with van der Waals surface area (Å²) in [6, 6.07) is 12.8. The predicted octanol–water partition coefficient (Wildman–Crippen LogP) is 2.65. The largest absolute Gasteiger partial charge is 0.105 e. The summed E-state index contributed by atoms with van der Waals surface area (Å²) in [5, 5.41) is 3.97. The lowest BCUT2D eigenvalue weighted by molar-refractivity contribution is 1.54. The number of benzene rings is 2. The first kappa shape index (κ1) is 7.76. The second-order valence-electron chi connectivity index (χ2n) is 3.02. The summed E-state index contributed by atoms with van der Waals surface area (Å²) in [6.07, 6.45) is 0. The smallest absolute Gasteiger partial charge is 0.00830 e. The van der Waals surface area contributed by atoms with Crippen LogP contribution in [0.5, 0.6) is 0 Å².